The first-order valence-corrected chi connectivity index (χ1v) is 9.63. The maximum atomic E-state index is 12.2. The van der Waals surface area contributed by atoms with Gasteiger partial charge in [-0.15, -0.1) is 10.2 Å². The Balaban J connectivity index is 1.99. The maximum absolute atomic E-state index is 12.2. The first kappa shape index (κ1) is 20.0. The molecule has 26 heavy (non-hydrogen) atoms. The van der Waals surface area contributed by atoms with E-state index in [1.54, 1.807) is 24.3 Å². The molecule has 4 N–H and O–H groups in total. The number of amides is 1. The average molecular weight is 396 g/mol. The number of rotatable bonds is 9. The third-order valence-corrected chi connectivity index (χ3v) is 5.00. The molecule has 1 aromatic carbocycles. The number of carboxylic acids is 1. The minimum absolute atomic E-state index is 0.0433. The number of carboxylic acid groups (broad SMARTS) is 1. The lowest BCUT2D eigenvalue weighted by molar-refractivity contribution is -0.137. The van der Waals surface area contributed by atoms with E-state index in [1.807, 2.05) is 13.8 Å². The molecule has 0 spiro atoms. The smallest absolute Gasteiger partial charge is 0.305 e. The van der Waals surface area contributed by atoms with Crippen molar-refractivity contribution in [1.82, 2.24) is 15.5 Å². The molecule has 0 radical (unpaired) electrons. The summed E-state index contributed by atoms with van der Waals surface area (Å²) in [5.74, 6) is -0.507. The number of anilines is 1. The molecule has 0 aliphatic carbocycles. The molecule has 1 atom stereocenters. The Bertz CT molecular complexity index is 749. The van der Waals surface area contributed by atoms with Gasteiger partial charge in [-0.3, -0.25) is 9.59 Å². The number of thioether (sulfide) groups is 1. The highest BCUT2D eigenvalue weighted by Crippen LogP contribution is 2.24. The molecule has 1 aromatic heterocycles. The lowest BCUT2D eigenvalue weighted by atomic mass is 10.0. The number of aliphatic carboxylic acids is 1. The van der Waals surface area contributed by atoms with Crippen LogP contribution >= 0.6 is 23.1 Å². The molecule has 0 aliphatic heterocycles. The second-order valence-electron chi connectivity index (χ2n) is 5.65. The number of carbonyl (C=O) groups excluding carboxylic acids is 1. The summed E-state index contributed by atoms with van der Waals surface area (Å²) < 4.78 is 6.16. The van der Waals surface area contributed by atoms with Gasteiger partial charge in [-0.2, -0.15) is 0 Å². The van der Waals surface area contributed by atoms with Crippen molar-refractivity contribution in [3.63, 3.8) is 0 Å². The summed E-state index contributed by atoms with van der Waals surface area (Å²) in [6, 6.07) is 6.40. The quantitative estimate of drug-likeness (QED) is 0.551. The van der Waals surface area contributed by atoms with Crippen LogP contribution in [0, 0.1) is 0 Å². The van der Waals surface area contributed by atoms with E-state index in [1.165, 1.54) is 23.1 Å². The number of nitrogens with two attached hydrogens (primary N) is 1. The summed E-state index contributed by atoms with van der Waals surface area (Å²) in [5, 5.41) is 19.7. The van der Waals surface area contributed by atoms with Gasteiger partial charge in [0.2, 0.25) is 11.0 Å². The highest BCUT2D eigenvalue weighted by molar-refractivity contribution is 8.01. The van der Waals surface area contributed by atoms with Crippen molar-refractivity contribution >= 4 is 40.1 Å². The van der Waals surface area contributed by atoms with Gasteiger partial charge in [0.15, 0.2) is 4.34 Å². The number of ether oxygens (including phenoxy) is 1. The van der Waals surface area contributed by atoms with Crippen LogP contribution in [0.25, 0.3) is 0 Å². The predicted molar refractivity (Wildman–Crippen MR) is 100 cm³/mol. The Morgan fingerprint density at radius 3 is 2.54 bits per heavy atom. The molecular weight excluding hydrogens is 376 g/mol. The maximum Gasteiger partial charge on any atom is 0.305 e. The first-order valence-electron chi connectivity index (χ1n) is 7.83. The third-order valence-electron chi connectivity index (χ3n) is 3.12. The highest BCUT2D eigenvalue weighted by Gasteiger charge is 2.19. The fourth-order valence-corrected chi connectivity index (χ4v) is 3.57. The summed E-state index contributed by atoms with van der Waals surface area (Å²) in [7, 11) is 0. The van der Waals surface area contributed by atoms with Gasteiger partial charge in [-0.05, 0) is 31.5 Å². The normalized spacial score (nSPS) is 12.0. The third kappa shape index (κ3) is 6.52. The zero-order valence-electron chi connectivity index (χ0n) is 14.3. The minimum atomic E-state index is -0.998. The zero-order valence-corrected chi connectivity index (χ0v) is 16.0. The largest absolute Gasteiger partial charge is 0.491 e. The van der Waals surface area contributed by atoms with Crippen LogP contribution in [0.3, 0.4) is 0 Å². The molecule has 0 bridgehead atoms. The van der Waals surface area contributed by atoms with Gasteiger partial charge in [0, 0.05) is 0 Å². The molecule has 1 unspecified atom stereocenters. The van der Waals surface area contributed by atoms with Crippen molar-refractivity contribution in [1.29, 1.82) is 0 Å². The van der Waals surface area contributed by atoms with Gasteiger partial charge in [0.1, 0.15) is 5.75 Å². The molecule has 0 fully saturated rings. The molecule has 10 heteroatoms. The van der Waals surface area contributed by atoms with Crippen molar-refractivity contribution in [2.75, 3.05) is 11.5 Å². The van der Waals surface area contributed by atoms with Crippen LogP contribution in [-0.4, -0.2) is 39.0 Å². The minimum Gasteiger partial charge on any atom is -0.491 e. The SMILES string of the molecule is CC(C)Oc1ccc(C(CC(=O)O)NC(=O)CSc2nnc(N)s2)cc1. The lowest BCUT2D eigenvalue weighted by Gasteiger charge is -2.18. The molecule has 0 saturated heterocycles. The second kappa shape index (κ2) is 9.39. The Kier molecular flexibility index (Phi) is 7.22. The number of nitrogen functional groups attached to an aromatic ring is 1. The number of benzene rings is 1. The fourth-order valence-electron chi connectivity index (χ4n) is 2.12. The fraction of sp³-hybridized carbons (Fsp3) is 0.375. The van der Waals surface area contributed by atoms with Crippen LogP contribution in [0.2, 0.25) is 0 Å². The van der Waals surface area contributed by atoms with Crippen LogP contribution in [0.15, 0.2) is 28.6 Å². The molecule has 140 valence electrons. The van der Waals surface area contributed by atoms with Gasteiger partial charge < -0.3 is 20.9 Å². The number of aromatic nitrogens is 2. The monoisotopic (exact) mass is 396 g/mol. The van der Waals surface area contributed by atoms with Crippen LogP contribution < -0.4 is 15.8 Å². The lowest BCUT2D eigenvalue weighted by Crippen LogP contribution is -2.31. The van der Waals surface area contributed by atoms with E-state index >= 15 is 0 Å². The summed E-state index contributed by atoms with van der Waals surface area (Å²) >= 11 is 2.39. The van der Waals surface area contributed by atoms with Crippen molar-refractivity contribution < 1.29 is 19.4 Å². The molecule has 1 amide bonds. The number of nitrogens with one attached hydrogen (secondary N) is 1. The van der Waals surface area contributed by atoms with E-state index in [4.69, 9.17) is 15.6 Å². The number of hydrogen-bond acceptors (Lipinski definition) is 8. The van der Waals surface area contributed by atoms with Gasteiger partial charge >= 0.3 is 5.97 Å². The average Bonchev–Trinajstić information content (AvgIpc) is 2.97. The van der Waals surface area contributed by atoms with E-state index in [0.29, 0.717) is 20.8 Å². The Morgan fingerprint density at radius 2 is 2.00 bits per heavy atom. The highest BCUT2D eigenvalue weighted by atomic mass is 32.2. The summed E-state index contributed by atoms with van der Waals surface area (Å²) in [6.07, 6.45) is -0.172. The van der Waals surface area contributed by atoms with Crippen LogP contribution in [0.4, 0.5) is 5.13 Å². The molecule has 8 nitrogen and oxygen atoms in total. The van der Waals surface area contributed by atoms with Crippen LogP contribution in [0.1, 0.15) is 31.9 Å². The number of carbonyl (C=O) groups is 2. The number of nitrogens with zero attached hydrogens (tertiary/aromatic N) is 2. The van der Waals surface area contributed by atoms with Gasteiger partial charge in [0.25, 0.3) is 0 Å². The van der Waals surface area contributed by atoms with Crippen molar-refractivity contribution in [2.45, 2.75) is 36.8 Å². The van der Waals surface area contributed by atoms with Crippen molar-refractivity contribution in [3.05, 3.63) is 29.8 Å². The zero-order chi connectivity index (χ0) is 19.1. The Labute approximate surface area is 159 Å². The van der Waals surface area contributed by atoms with E-state index in [-0.39, 0.29) is 24.2 Å². The van der Waals surface area contributed by atoms with E-state index in [2.05, 4.69) is 15.5 Å². The molecular formula is C16H20N4O4S2. The Hall–Kier alpha value is -2.33. The summed E-state index contributed by atoms with van der Waals surface area (Å²) in [5.41, 5.74) is 6.19. The topological polar surface area (TPSA) is 127 Å². The number of hydrogen-bond donors (Lipinski definition) is 3. The van der Waals surface area contributed by atoms with Crippen molar-refractivity contribution in [2.24, 2.45) is 0 Å². The second-order valence-corrected chi connectivity index (χ2v) is 7.88. The van der Waals surface area contributed by atoms with E-state index in [9.17, 15) is 9.59 Å². The standard InChI is InChI=1S/C16H20N4O4S2/c1-9(2)24-11-5-3-10(4-6-11)12(7-14(22)23)18-13(21)8-25-16-20-19-15(17)26-16/h3-6,9,12H,7-8H2,1-2H3,(H2,17,19)(H,18,21)(H,22,23). The van der Waals surface area contributed by atoms with Gasteiger partial charge in [-0.1, -0.05) is 35.2 Å². The molecule has 2 rings (SSSR count). The summed E-state index contributed by atoms with van der Waals surface area (Å²) in [6.45, 7) is 3.84. The molecule has 2 aromatic rings. The van der Waals surface area contributed by atoms with Crippen molar-refractivity contribution in [3.8, 4) is 5.75 Å². The Morgan fingerprint density at radius 1 is 1.31 bits per heavy atom. The van der Waals surface area contributed by atoms with E-state index < -0.39 is 12.0 Å². The van der Waals surface area contributed by atoms with Gasteiger partial charge in [-0.25, -0.2) is 0 Å². The molecule has 0 aliphatic rings. The molecule has 1 heterocycles. The van der Waals surface area contributed by atoms with Crippen LogP contribution in [0.5, 0.6) is 5.75 Å². The van der Waals surface area contributed by atoms with Crippen LogP contribution in [-0.2, 0) is 9.59 Å². The molecule has 0 saturated carbocycles. The predicted octanol–water partition coefficient (Wildman–Crippen LogP) is 2.33. The van der Waals surface area contributed by atoms with Gasteiger partial charge in [0.05, 0.1) is 24.3 Å². The van der Waals surface area contributed by atoms with E-state index in [0.717, 1.165) is 0 Å². The first-order chi connectivity index (χ1) is 12.3. The summed E-state index contributed by atoms with van der Waals surface area (Å²) in [4.78, 5) is 23.3.